The molecule has 6 heteroatoms. The van der Waals surface area contributed by atoms with Crippen LogP contribution in [0.2, 0.25) is 0 Å². The highest BCUT2D eigenvalue weighted by Crippen LogP contribution is 2.06. The zero-order valence-electron chi connectivity index (χ0n) is 11.3. The Hall–Kier alpha value is -1.40. The number of hydrogen-bond acceptors (Lipinski definition) is 5. The van der Waals surface area contributed by atoms with E-state index in [2.05, 4.69) is 10.4 Å². The lowest BCUT2D eigenvalue weighted by molar-refractivity contribution is 0.206. The smallest absolute Gasteiger partial charge is 0.268 e. The van der Waals surface area contributed by atoms with E-state index in [1.807, 2.05) is 19.0 Å². The molecular formula is C12H22N4O2. The van der Waals surface area contributed by atoms with Gasteiger partial charge in [-0.1, -0.05) is 0 Å². The fourth-order valence-electron chi connectivity index (χ4n) is 1.56. The summed E-state index contributed by atoms with van der Waals surface area (Å²) < 4.78 is 6.49. The molecule has 18 heavy (non-hydrogen) atoms. The van der Waals surface area contributed by atoms with Gasteiger partial charge in [-0.15, -0.1) is 0 Å². The molecule has 1 rings (SSSR count). The lowest BCUT2D eigenvalue weighted by atomic mass is 10.4. The number of anilines is 1. The third kappa shape index (κ3) is 4.46. The second kappa shape index (κ2) is 7.84. The van der Waals surface area contributed by atoms with Gasteiger partial charge >= 0.3 is 0 Å². The number of nitrogens with one attached hydrogen (secondary N) is 1. The van der Waals surface area contributed by atoms with Crippen molar-refractivity contribution >= 4 is 5.69 Å². The Morgan fingerprint density at radius 3 is 2.94 bits per heavy atom. The van der Waals surface area contributed by atoms with Crippen molar-refractivity contribution in [2.75, 3.05) is 45.8 Å². The lowest BCUT2D eigenvalue weighted by Crippen LogP contribution is -2.28. The van der Waals surface area contributed by atoms with E-state index in [0.29, 0.717) is 13.2 Å². The summed E-state index contributed by atoms with van der Waals surface area (Å²) >= 11 is 0. The number of aromatic nitrogens is 2. The van der Waals surface area contributed by atoms with E-state index in [1.165, 1.54) is 4.68 Å². The Morgan fingerprint density at radius 1 is 1.56 bits per heavy atom. The van der Waals surface area contributed by atoms with Crippen molar-refractivity contribution in [2.45, 2.75) is 13.0 Å². The van der Waals surface area contributed by atoms with Gasteiger partial charge in [-0.3, -0.25) is 4.79 Å². The van der Waals surface area contributed by atoms with Crippen LogP contribution < -0.4 is 15.8 Å². The largest absolute Gasteiger partial charge is 0.383 e. The Labute approximate surface area is 108 Å². The average Bonchev–Trinajstić information content (AvgIpc) is 2.38. The fraction of sp³-hybridized carbons (Fsp3) is 0.667. The number of ether oxygens (including phenoxy) is 1. The van der Waals surface area contributed by atoms with E-state index in [1.54, 1.807) is 19.4 Å². The van der Waals surface area contributed by atoms with E-state index in [4.69, 9.17) is 4.74 Å². The van der Waals surface area contributed by atoms with Crippen molar-refractivity contribution in [3.63, 3.8) is 0 Å². The van der Waals surface area contributed by atoms with Gasteiger partial charge in [-0.2, -0.15) is 5.10 Å². The van der Waals surface area contributed by atoms with Crippen LogP contribution in [0, 0.1) is 0 Å². The molecule has 0 atom stereocenters. The molecule has 102 valence electrons. The Kier molecular flexibility index (Phi) is 6.38. The van der Waals surface area contributed by atoms with Gasteiger partial charge in [-0.25, -0.2) is 4.68 Å². The fourth-order valence-corrected chi connectivity index (χ4v) is 1.56. The van der Waals surface area contributed by atoms with Crippen LogP contribution in [-0.2, 0) is 11.3 Å². The van der Waals surface area contributed by atoms with Gasteiger partial charge in [0.25, 0.3) is 5.56 Å². The summed E-state index contributed by atoms with van der Waals surface area (Å²) in [6.07, 6.45) is 2.61. The first kappa shape index (κ1) is 14.7. The number of likely N-dealkylation sites (N-methyl/N-ethyl adjacent to an activating group) is 1. The molecule has 0 aliphatic heterocycles. The highest BCUT2D eigenvalue weighted by Gasteiger charge is 2.04. The number of rotatable bonds is 8. The molecule has 0 amide bonds. The third-order valence-corrected chi connectivity index (χ3v) is 2.72. The molecule has 1 aromatic heterocycles. The summed E-state index contributed by atoms with van der Waals surface area (Å²) in [5, 5.41) is 7.22. The SMILES string of the molecule is CNCCCn1ncc(N(C)CCOC)cc1=O. The van der Waals surface area contributed by atoms with Gasteiger partial charge in [0, 0.05) is 33.3 Å². The summed E-state index contributed by atoms with van der Waals surface area (Å²) in [4.78, 5) is 13.8. The zero-order valence-corrected chi connectivity index (χ0v) is 11.3. The van der Waals surface area contributed by atoms with Crippen LogP contribution in [0.25, 0.3) is 0 Å². The first-order valence-electron chi connectivity index (χ1n) is 6.11. The maximum atomic E-state index is 11.8. The average molecular weight is 254 g/mol. The van der Waals surface area contributed by atoms with Gasteiger partial charge in [0.2, 0.25) is 0 Å². The minimum Gasteiger partial charge on any atom is -0.383 e. The predicted molar refractivity (Wildman–Crippen MR) is 72.2 cm³/mol. The summed E-state index contributed by atoms with van der Waals surface area (Å²) in [7, 11) is 5.47. The molecule has 0 fully saturated rings. The maximum absolute atomic E-state index is 11.8. The Morgan fingerprint density at radius 2 is 2.33 bits per heavy atom. The van der Waals surface area contributed by atoms with Crippen molar-refractivity contribution in [1.82, 2.24) is 15.1 Å². The summed E-state index contributed by atoms with van der Waals surface area (Å²) in [5.41, 5.74) is 0.759. The topological polar surface area (TPSA) is 59.4 Å². The van der Waals surface area contributed by atoms with Crippen LogP contribution in [-0.4, -0.2) is 50.7 Å². The van der Waals surface area contributed by atoms with Crippen LogP contribution in [0.1, 0.15) is 6.42 Å². The minimum atomic E-state index is -0.0622. The summed E-state index contributed by atoms with van der Waals surface area (Å²) in [5.74, 6) is 0. The molecule has 6 nitrogen and oxygen atoms in total. The Bertz CT molecular complexity index is 405. The van der Waals surface area contributed by atoms with Crippen molar-refractivity contribution < 1.29 is 4.74 Å². The standard InChI is InChI=1S/C12H22N4O2/c1-13-5-4-6-16-12(17)9-11(10-14-16)15(2)7-8-18-3/h9-10,13H,4-8H2,1-3H3. The molecule has 0 saturated carbocycles. The molecule has 0 saturated heterocycles. The van der Waals surface area contributed by atoms with Crippen LogP contribution >= 0.6 is 0 Å². The number of nitrogens with zero attached hydrogens (tertiary/aromatic N) is 3. The maximum Gasteiger partial charge on any atom is 0.268 e. The van der Waals surface area contributed by atoms with Gasteiger partial charge in [0.15, 0.2) is 0 Å². The zero-order chi connectivity index (χ0) is 13.4. The van der Waals surface area contributed by atoms with Crippen LogP contribution in [0.5, 0.6) is 0 Å². The second-order valence-corrected chi connectivity index (χ2v) is 4.15. The van der Waals surface area contributed by atoms with Crippen LogP contribution in [0.4, 0.5) is 5.69 Å². The highest BCUT2D eigenvalue weighted by molar-refractivity contribution is 5.41. The minimum absolute atomic E-state index is 0.0622. The molecule has 0 aliphatic carbocycles. The molecule has 1 N–H and O–H groups in total. The highest BCUT2D eigenvalue weighted by atomic mass is 16.5. The van der Waals surface area contributed by atoms with Gasteiger partial charge in [0.05, 0.1) is 18.5 Å². The first-order chi connectivity index (χ1) is 8.69. The first-order valence-corrected chi connectivity index (χ1v) is 6.11. The molecule has 1 heterocycles. The molecule has 0 bridgehead atoms. The van der Waals surface area contributed by atoms with Crippen LogP contribution in [0.3, 0.4) is 0 Å². The van der Waals surface area contributed by atoms with E-state index in [0.717, 1.165) is 25.2 Å². The molecule has 0 spiro atoms. The van der Waals surface area contributed by atoms with Gasteiger partial charge < -0.3 is 15.0 Å². The molecule has 0 aromatic carbocycles. The second-order valence-electron chi connectivity index (χ2n) is 4.15. The van der Waals surface area contributed by atoms with Crippen molar-refractivity contribution in [3.05, 3.63) is 22.6 Å². The molecule has 0 aliphatic rings. The van der Waals surface area contributed by atoms with Crippen molar-refractivity contribution in [1.29, 1.82) is 0 Å². The number of hydrogen-bond donors (Lipinski definition) is 1. The summed E-state index contributed by atoms with van der Waals surface area (Å²) in [6, 6.07) is 1.61. The third-order valence-electron chi connectivity index (χ3n) is 2.72. The molecule has 1 aromatic rings. The van der Waals surface area contributed by atoms with E-state index in [9.17, 15) is 4.79 Å². The number of aryl methyl sites for hydroxylation is 1. The molecular weight excluding hydrogens is 232 g/mol. The monoisotopic (exact) mass is 254 g/mol. The van der Waals surface area contributed by atoms with E-state index < -0.39 is 0 Å². The lowest BCUT2D eigenvalue weighted by Gasteiger charge is -2.18. The summed E-state index contributed by atoms with van der Waals surface area (Å²) in [6.45, 7) is 2.88. The Balaban J connectivity index is 2.64. The molecule has 0 unspecified atom stereocenters. The van der Waals surface area contributed by atoms with Gasteiger partial charge in [-0.05, 0) is 20.0 Å². The molecule has 0 radical (unpaired) electrons. The van der Waals surface area contributed by atoms with Crippen LogP contribution in [0.15, 0.2) is 17.1 Å². The quantitative estimate of drug-likeness (QED) is 0.658. The predicted octanol–water partition coefficient (Wildman–Crippen LogP) is -0.0646. The van der Waals surface area contributed by atoms with E-state index >= 15 is 0 Å². The van der Waals surface area contributed by atoms with E-state index in [-0.39, 0.29) is 5.56 Å². The van der Waals surface area contributed by atoms with Crippen molar-refractivity contribution in [3.8, 4) is 0 Å². The van der Waals surface area contributed by atoms with Crippen molar-refractivity contribution in [2.24, 2.45) is 0 Å². The van der Waals surface area contributed by atoms with Gasteiger partial charge in [0.1, 0.15) is 0 Å². The number of methoxy groups -OCH3 is 1. The normalized spacial score (nSPS) is 10.6.